The lowest BCUT2D eigenvalue weighted by Gasteiger charge is -2.05. The van der Waals surface area contributed by atoms with Gasteiger partial charge in [0.1, 0.15) is 5.75 Å². The molecule has 0 aromatic heterocycles. The molecule has 0 saturated carbocycles. The van der Waals surface area contributed by atoms with Crippen LogP contribution in [0.5, 0.6) is 5.75 Å². The Labute approximate surface area is 115 Å². The van der Waals surface area contributed by atoms with Crippen molar-refractivity contribution in [3.05, 3.63) is 29.3 Å². The number of aryl methyl sites for hydroxylation is 1. The summed E-state index contributed by atoms with van der Waals surface area (Å²) in [5.41, 5.74) is 1.07. The van der Waals surface area contributed by atoms with Gasteiger partial charge in [-0.15, -0.1) is 0 Å². The minimum Gasteiger partial charge on any atom is -0.508 e. The van der Waals surface area contributed by atoms with E-state index in [1.165, 1.54) is 44.6 Å². The van der Waals surface area contributed by atoms with Gasteiger partial charge in [-0.3, -0.25) is 0 Å². The third-order valence-electron chi connectivity index (χ3n) is 3.29. The summed E-state index contributed by atoms with van der Waals surface area (Å²) in [7, 11) is 0. The van der Waals surface area contributed by atoms with E-state index in [0.717, 1.165) is 18.4 Å². The number of carboxylic acid groups (broad SMARTS) is 1. The Morgan fingerprint density at radius 3 is 2.26 bits per heavy atom. The van der Waals surface area contributed by atoms with Crippen LogP contribution in [0.1, 0.15) is 67.8 Å². The number of phenols is 1. The first kappa shape index (κ1) is 15.5. The predicted octanol–water partition coefficient (Wildman–Crippen LogP) is 4.38. The molecule has 0 fully saturated rings. The lowest BCUT2D eigenvalue weighted by atomic mass is 10.0. The van der Waals surface area contributed by atoms with E-state index in [4.69, 9.17) is 5.11 Å². The van der Waals surface area contributed by atoms with Crippen LogP contribution in [-0.2, 0) is 6.42 Å². The second-order valence-electron chi connectivity index (χ2n) is 5.06. The summed E-state index contributed by atoms with van der Waals surface area (Å²) >= 11 is 0. The van der Waals surface area contributed by atoms with Crippen LogP contribution < -0.4 is 0 Å². The summed E-state index contributed by atoms with van der Waals surface area (Å²) in [6.45, 7) is 2.21. The first-order valence-corrected chi connectivity index (χ1v) is 7.19. The summed E-state index contributed by atoms with van der Waals surface area (Å²) in [4.78, 5) is 10.9. The van der Waals surface area contributed by atoms with Crippen LogP contribution in [0, 0.1) is 0 Å². The molecule has 0 spiro atoms. The summed E-state index contributed by atoms with van der Waals surface area (Å²) in [6.07, 6.45) is 9.47. The molecule has 0 saturated heterocycles. The molecule has 0 aliphatic rings. The molecular formula is C16H24O3. The first-order chi connectivity index (χ1) is 9.13. The molecule has 0 radical (unpaired) electrons. The van der Waals surface area contributed by atoms with Gasteiger partial charge < -0.3 is 10.2 Å². The fourth-order valence-electron chi connectivity index (χ4n) is 2.23. The van der Waals surface area contributed by atoms with Crippen molar-refractivity contribution in [2.45, 2.75) is 58.3 Å². The molecule has 0 unspecified atom stereocenters. The third-order valence-corrected chi connectivity index (χ3v) is 3.29. The molecule has 1 rings (SSSR count). The average molecular weight is 264 g/mol. The van der Waals surface area contributed by atoms with Gasteiger partial charge in [0.05, 0.1) is 5.56 Å². The molecule has 0 aliphatic heterocycles. The summed E-state index contributed by atoms with van der Waals surface area (Å²) in [5, 5.41) is 18.4. The highest BCUT2D eigenvalue weighted by Crippen LogP contribution is 2.18. The van der Waals surface area contributed by atoms with E-state index in [0.29, 0.717) is 0 Å². The van der Waals surface area contributed by atoms with Crippen molar-refractivity contribution in [3.63, 3.8) is 0 Å². The highest BCUT2D eigenvalue weighted by Gasteiger charge is 2.06. The van der Waals surface area contributed by atoms with Gasteiger partial charge in [-0.2, -0.15) is 0 Å². The van der Waals surface area contributed by atoms with Gasteiger partial charge in [-0.05, 0) is 36.6 Å². The quantitative estimate of drug-likeness (QED) is 0.650. The zero-order chi connectivity index (χ0) is 14.1. The van der Waals surface area contributed by atoms with Crippen LogP contribution in [0.4, 0.5) is 0 Å². The fourth-order valence-corrected chi connectivity index (χ4v) is 2.23. The lowest BCUT2D eigenvalue weighted by molar-refractivity contribution is 0.0696. The molecule has 1 aromatic rings. The second-order valence-corrected chi connectivity index (χ2v) is 5.06. The minimum absolute atomic E-state index is 0.0397. The number of aromatic hydroxyl groups is 1. The van der Waals surface area contributed by atoms with E-state index in [9.17, 15) is 9.90 Å². The Morgan fingerprint density at radius 1 is 1.00 bits per heavy atom. The van der Waals surface area contributed by atoms with Crippen molar-refractivity contribution in [1.29, 1.82) is 0 Å². The number of unbranched alkanes of at least 4 members (excludes halogenated alkanes) is 6. The summed E-state index contributed by atoms with van der Waals surface area (Å²) < 4.78 is 0. The van der Waals surface area contributed by atoms with Gasteiger partial charge in [-0.1, -0.05) is 45.4 Å². The van der Waals surface area contributed by atoms with Crippen molar-refractivity contribution >= 4 is 5.97 Å². The maximum absolute atomic E-state index is 10.9. The fraction of sp³-hybridized carbons (Fsp3) is 0.562. The van der Waals surface area contributed by atoms with Gasteiger partial charge in [0.25, 0.3) is 0 Å². The van der Waals surface area contributed by atoms with Gasteiger partial charge >= 0.3 is 5.97 Å². The molecular weight excluding hydrogens is 240 g/mol. The van der Waals surface area contributed by atoms with Gasteiger partial charge in [0.2, 0.25) is 0 Å². The number of hydrogen-bond acceptors (Lipinski definition) is 2. The number of aromatic carboxylic acids is 1. The molecule has 0 amide bonds. The number of carbonyl (C=O) groups is 1. The molecule has 3 heteroatoms. The van der Waals surface area contributed by atoms with Crippen LogP contribution in [0.15, 0.2) is 18.2 Å². The van der Waals surface area contributed by atoms with E-state index in [-0.39, 0.29) is 11.3 Å². The number of carboxylic acids is 1. The Hall–Kier alpha value is -1.51. The highest BCUT2D eigenvalue weighted by molar-refractivity contribution is 5.88. The number of rotatable bonds is 9. The zero-order valence-electron chi connectivity index (χ0n) is 11.7. The minimum atomic E-state index is -0.989. The lowest BCUT2D eigenvalue weighted by Crippen LogP contribution is -1.97. The SMILES string of the molecule is CCCCCCCCCc1cc(O)cc(C(=O)O)c1. The zero-order valence-corrected chi connectivity index (χ0v) is 11.7. The van der Waals surface area contributed by atoms with Crippen molar-refractivity contribution in [2.75, 3.05) is 0 Å². The normalized spacial score (nSPS) is 10.6. The molecule has 0 aliphatic carbocycles. The summed E-state index contributed by atoms with van der Waals surface area (Å²) in [6, 6.07) is 4.60. The van der Waals surface area contributed by atoms with Gasteiger partial charge in [0, 0.05) is 0 Å². The molecule has 1 aromatic carbocycles. The van der Waals surface area contributed by atoms with Gasteiger partial charge in [0.15, 0.2) is 0 Å². The number of hydrogen-bond donors (Lipinski definition) is 2. The largest absolute Gasteiger partial charge is 0.508 e. The molecule has 19 heavy (non-hydrogen) atoms. The van der Waals surface area contributed by atoms with Crippen molar-refractivity contribution in [2.24, 2.45) is 0 Å². The van der Waals surface area contributed by atoms with Crippen LogP contribution in [-0.4, -0.2) is 16.2 Å². The predicted molar refractivity (Wildman–Crippen MR) is 76.8 cm³/mol. The van der Waals surface area contributed by atoms with Crippen LogP contribution in [0.3, 0.4) is 0 Å². The topological polar surface area (TPSA) is 57.5 Å². The molecule has 0 heterocycles. The second kappa shape index (κ2) is 8.57. The Bertz CT molecular complexity index is 399. The van der Waals surface area contributed by atoms with E-state index >= 15 is 0 Å². The Balaban J connectivity index is 2.31. The molecule has 0 bridgehead atoms. The van der Waals surface area contributed by atoms with Crippen molar-refractivity contribution in [1.82, 2.24) is 0 Å². The summed E-state index contributed by atoms with van der Waals surface area (Å²) in [5.74, 6) is -0.949. The molecule has 3 nitrogen and oxygen atoms in total. The van der Waals surface area contributed by atoms with Crippen molar-refractivity contribution in [3.8, 4) is 5.75 Å². The van der Waals surface area contributed by atoms with Crippen LogP contribution in [0.2, 0.25) is 0 Å². The maximum atomic E-state index is 10.9. The highest BCUT2D eigenvalue weighted by atomic mass is 16.4. The van der Waals surface area contributed by atoms with Crippen LogP contribution in [0.25, 0.3) is 0 Å². The van der Waals surface area contributed by atoms with E-state index < -0.39 is 5.97 Å². The Morgan fingerprint density at radius 2 is 1.63 bits per heavy atom. The van der Waals surface area contributed by atoms with Gasteiger partial charge in [-0.25, -0.2) is 4.79 Å². The third kappa shape index (κ3) is 6.27. The standard InChI is InChI=1S/C16H24O3/c1-2-3-4-5-6-7-8-9-13-10-14(16(18)19)12-15(17)11-13/h10-12,17H,2-9H2,1H3,(H,18,19). The number of phenolic OH excluding ortho intramolecular Hbond substituents is 1. The van der Waals surface area contributed by atoms with E-state index in [1.54, 1.807) is 12.1 Å². The molecule has 106 valence electrons. The Kier molecular flexibility index (Phi) is 7.01. The number of benzene rings is 1. The first-order valence-electron chi connectivity index (χ1n) is 7.19. The maximum Gasteiger partial charge on any atom is 0.335 e. The molecule has 0 atom stereocenters. The van der Waals surface area contributed by atoms with E-state index in [2.05, 4.69) is 6.92 Å². The monoisotopic (exact) mass is 264 g/mol. The van der Waals surface area contributed by atoms with Crippen molar-refractivity contribution < 1.29 is 15.0 Å². The smallest absolute Gasteiger partial charge is 0.335 e. The molecule has 2 N–H and O–H groups in total. The van der Waals surface area contributed by atoms with Crippen LogP contribution >= 0.6 is 0 Å². The average Bonchev–Trinajstić information content (AvgIpc) is 2.37. The van der Waals surface area contributed by atoms with E-state index in [1.807, 2.05) is 0 Å².